The summed E-state index contributed by atoms with van der Waals surface area (Å²) in [6.45, 7) is 0. The molecule has 0 fully saturated rings. The molecule has 1 aliphatic rings. The third-order valence-electron chi connectivity index (χ3n) is 2.76. The van der Waals surface area contributed by atoms with Crippen molar-refractivity contribution < 1.29 is 0 Å². The predicted octanol–water partition coefficient (Wildman–Crippen LogP) is 2.02. The predicted molar refractivity (Wildman–Crippen MR) is 56.4 cm³/mol. The van der Waals surface area contributed by atoms with E-state index in [0.717, 1.165) is 12.2 Å². The zero-order valence-electron chi connectivity index (χ0n) is 7.96. The fraction of sp³-hybridized carbons (Fsp3) is 0.182. The third kappa shape index (κ3) is 0.839. The fourth-order valence-electron chi connectivity index (χ4n) is 2.08. The summed E-state index contributed by atoms with van der Waals surface area (Å²) >= 11 is 0. The smallest absolute Gasteiger partial charge is 0.151 e. The zero-order chi connectivity index (χ0) is 9.54. The van der Waals surface area contributed by atoms with Gasteiger partial charge >= 0.3 is 0 Å². The van der Waals surface area contributed by atoms with Crippen LogP contribution in [0, 0.1) is 0 Å². The largest absolute Gasteiger partial charge is 0.371 e. The van der Waals surface area contributed by atoms with Crippen molar-refractivity contribution in [2.45, 2.75) is 6.42 Å². The van der Waals surface area contributed by atoms with E-state index in [4.69, 9.17) is 0 Å². The highest BCUT2D eigenvalue weighted by molar-refractivity contribution is 5.77. The molecule has 2 aromatic rings. The van der Waals surface area contributed by atoms with E-state index in [1.807, 2.05) is 7.05 Å². The Bertz CT molecular complexity index is 485. The molecule has 0 aliphatic heterocycles. The molecule has 0 amide bonds. The van der Waals surface area contributed by atoms with E-state index >= 15 is 0 Å². The second-order valence-electron chi connectivity index (χ2n) is 3.51. The second-order valence-corrected chi connectivity index (χ2v) is 3.51. The molecule has 0 spiro atoms. The van der Waals surface area contributed by atoms with Crippen LogP contribution in [-0.4, -0.2) is 17.2 Å². The first-order valence-corrected chi connectivity index (χ1v) is 4.73. The van der Waals surface area contributed by atoms with E-state index in [-0.39, 0.29) is 0 Å². The van der Waals surface area contributed by atoms with Gasteiger partial charge in [-0.2, -0.15) is 5.10 Å². The number of fused-ring (bicyclic) bond motifs is 3. The van der Waals surface area contributed by atoms with Crippen LogP contribution in [0.2, 0.25) is 0 Å². The molecule has 2 N–H and O–H groups in total. The van der Waals surface area contributed by atoms with Crippen LogP contribution in [0.3, 0.4) is 0 Å². The van der Waals surface area contributed by atoms with Crippen molar-refractivity contribution >= 4 is 5.82 Å². The molecule has 0 radical (unpaired) electrons. The minimum absolute atomic E-state index is 0.969. The summed E-state index contributed by atoms with van der Waals surface area (Å²) in [6.07, 6.45) is 0.984. The molecule has 0 bridgehead atoms. The van der Waals surface area contributed by atoms with Gasteiger partial charge in [0, 0.05) is 24.6 Å². The number of benzene rings is 1. The molecule has 0 saturated heterocycles. The number of nitrogens with zero attached hydrogens (tertiary/aromatic N) is 1. The van der Waals surface area contributed by atoms with Gasteiger partial charge in [0.2, 0.25) is 0 Å². The van der Waals surface area contributed by atoms with Gasteiger partial charge in [-0.15, -0.1) is 0 Å². The summed E-state index contributed by atoms with van der Waals surface area (Å²) in [5.74, 6) is 0.969. The molecule has 1 heterocycles. The highest BCUT2D eigenvalue weighted by Gasteiger charge is 2.22. The molecular formula is C11H11N3. The van der Waals surface area contributed by atoms with Gasteiger partial charge in [0.05, 0.1) is 5.69 Å². The van der Waals surface area contributed by atoms with Crippen LogP contribution >= 0.6 is 0 Å². The average Bonchev–Trinajstić information content (AvgIpc) is 2.75. The molecule has 1 aromatic carbocycles. The first-order valence-electron chi connectivity index (χ1n) is 4.73. The minimum Gasteiger partial charge on any atom is -0.371 e. The van der Waals surface area contributed by atoms with Gasteiger partial charge in [0.1, 0.15) is 0 Å². The van der Waals surface area contributed by atoms with E-state index < -0.39 is 0 Å². The number of aromatic nitrogens is 2. The van der Waals surface area contributed by atoms with Gasteiger partial charge in [-0.3, -0.25) is 5.10 Å². The zero-order valence-corrected chi connectivity index (χ0v) is 7.96. The molecule has 0 saturated carbocycles. The molecule has 3 heteroatoms. The number of hydrogen-bond acceptors (Lipinski definition) is 2. The van der Waals surface area contributed by atoms with Gasteiger partial charge in [0.15, 0.2) is 5.82 Å². The van der Waals surface area contributed by atoms with Crippen LogP contribution in [0.1, 0.15) is 11.1 Å². The van der Waals surface area contributed by atoms with E-state index in [2.05, 4.69) is 39.8 Å². The van der Waals surface area contributed by atoms with E-state index in [9.17, 15) is 0 Å². The first kappa shape index (κ1) is 7.62. The second kappa shape index (κ2) is 2.61. The van der Waals surface area contributed by atoms with Crippen molar-refractivity contribution in [3.05, 3.63) is 35.4 Å². The number of hydrogen-bond donors (Lipinski definition) is 2. The number of anilines is 1. The molecule has 0 unspecified atom stereocenters. The van der Waals surface area contributed by atoms with E-state index in [1.54, 1.807) is 0 Å². The summed E-state index contributed by atoms with van der Waals surface area (Å²) in [6, 6.07) is 8.45. The summed E-state index contributed by atoms with van der Waals surface area (Å²) < 4.78 is 0. The highest BCUT2D eigenvalue weighted by atomic mass is 15.2. The lowest BCUT2D eigenvalue weighted by atomic mass is 10.1. The summed E-state index contributed by atoms with van der Waals surface area (Å²) in [5, 5.41) is 10.4. The molecule has 3 nitrogen and oxygen atoms in total. The monoisotopic (exact) mass is 185 g/mol. The van der Waals surface area contributed by atoms with Crippen molar-refractivity contribution in [3.8, 4) is 11.3 Å². The van der Waals surface area contributed by atoms with Crippen molar-refractivity contribution in [2.24, 2.45) is 0 Å². The normalized spacial score (nSPS) is 12.4. The Hall–Kier alpha value is -1.77. The van der Waals surface area contributed by atoms with Crippen LogP contribution in [-0.2, 0) is 6.42 Å². The SMILES string of the molecule is CNc1n[nH]c2c1Cc1ccccc1-2. The fourth-order valence-corrected chi connectivity index (χ4v) is 2.08. The Morgan fingerprint density at radius 2 is 2.21 bits per heavy atom. The maximum Gasteiger partial charge on any atom is 0.151 e. The highest BCUT2D eigenvalue weighted by Crippen LogP contribution is 2.37. The van der Waals surface area contributed by atoms with Gasteiger partial charge in [-0.25, -0.2) is 0 Å². The average molecular weight is 185 g/mol. The van der Waals surface area contributed by atoms with Gasteiger partial charge < -0.3 is 5.32 Å². The molecule has 3 rings (SSSR count). The Morgan fingerprint density at radius 1 is 1.36 bits per heavy atom. The van der Waals surface area contributed by atoms with Crippen molar-refractivity contribution in [1.82, 2.24) is 10.2 Å². The number of aromatic amines is 1. The van der Waals surface area contributed by atoms with Crippen LogP contribution < -0.4 is 5.32 Å². The lowest BCUT2D eigenvalue weighted by Gasteiger charge is -1.97. The summed E-state index contributed by atoms with van der Waals surface area (Å²) in [4.78, 5) is 0. The van der Waals surface area contributed by atoms with Crippen LogP contribution in [0.4, 0.5) is 5.82 Å². The Kier molecular flexibility index (Phi) is 1.42. The number of H-pyrrole nitrogens is 1. The van der Waals surface area contributed by atoms with Crippen LogP contribution in [0.15, 0.2) is 24.3 Å². The van der Waals surface area contributed by atoms with Crippen molar-refractivity contribution in [1.29, 1.82) is 0 Å². The Morgan fingerprint density at radius 3 is 3.07 bits per heavy atom. The topological polar surface area (TPSA) is 40.7 Å². The van der Waals surface area contributed by atoms with Crippen LogP contribution in [0.5, 0.6) is 0 Å². The van der Waals surface area contributed by atoms with Gasteiger partial charge in [0.25, 0.3) is 0 Å². The van der Waals surface area contributed by atoms with Crippen molar-refractivity contribution in [3.63, 3.8) is 0 Å². The molecule has 70 valence electrons. The Labute approximate surface area is 82.2 Å². The maximum absolute atomic E-state index is 4.22. The summed E-state index contributed by atoms with van der Waals surface area (Å²) in [7, 11) is 1.90. The molecule has 1 aliphatic carbocycles. The van der Waals surface area contributed by atoms with Crippen molar-refractivity contribution in [2.75, 3.05) is 12.4 Å². The molecule has 1 aromatic heterocycles. The summed E-state index contributed by atoms with van der Waals surface area (Å²) in [5.41, 5.74) is 5.13. The van der Waals surface area contributed by atoms with Gasteiger partial charge in [-0.05, 0) is 5.56 Å². The lowest BCUT2D eigenvalue weighted by Crippen LogP contribution is -1.92. The molecule has 0 atom stereocenters. The maximum atomic E-state index is 4.22. The quantitative estimate of drug-likeness (QED) is 0.609. The number of rotatable bonds is 1. The van der Waals surface area contributed by atoms with E-state index in [1.165, 1.54) is 22.4 Å². The third-order valence-corrected chi connectivity index (χ3v) is 2.76. The molecular weight excluding hydrogens is 174 g/mol. The van der Waals surface area contributed by atoms with Crippen LogP contribution in [0.25, 0.3) is 11.3 Å². The van der Waals surface area contributed by atoms with Gasteiger partial charge in [-0.1, -0.05) is 24.3 Å². The first-order chi connectivity index (χ1) is 6.90. The Balaban J connectivity index is 2.23. The van der Waals surface area contributed by atoms with E-state index in [0.29, 0.717) is 0 Å². The molecule has 14 heavy (non-hydrogen) atoms. The standard InChI is InChI=1S/C11H11N3/c1-12-11-9-6-7-4-2-3-5-8(7)10(9)13-14-11/h2-5H,6H2,1H3,(H2,12,13,14). The number of nitrogens with one attached hydrogen (secondary N) is 2. The lowest BCUT2D eigenvalue weighted by molar-refractivity contribution is 1.09. The minimum atomic E-state index is 0.969.